The van der Waals surface area contributed by atoms with Crippen molar-refractivity contribution >= 4 is 41.3 Å². The second-order valence-corrected chi connectivity index (χ2v) is 12.9. The summed E-state index contributed by atoms with van der Waals surface area (Å²) in [6, 6.07) is 16.9. The van der Waals surface area contributed by atoms with Gasteiger partial charge in [0.15, 0.2) is 5.60 Å². The Bertz CT molecular complexity index is 1680. The average molecular weight is 645 g/mol. The van der Waals surface area contributed by atoms with Gasteiger partial charge in [-0.2, -0.15) is 0 Å². The molecule has 13 nitrogen and oxygen atoms in total. The van der Waals surface area contributed by atoms with Crippen LogP contribution < -0.4 is 26.0 Å². The number of benzene rings is 3. The highest BCUT2D eigenvalue weighted by Crippen LogP contribution is 2.56. The summed E-state index contributed by atoms with van der Waals surface area (Å²) >= 11 is 0. The van der Waals surface area contributed by atoms with E-state index in [2.05, 4.69) is 21.3 Å². The van der Waals surface area contributed by atoms with Gasteiger partial charge in [0, 0.05) is 40.2 Å². The molecule has 0 atom stereocenters. The lowest BCUT2D eigenvalue weighted by Crippen LogP contribution is -2.37. The number of carbonyl (C=O) groups excluding carboxylic acids is 5. The topological polar surface area (TPSA) is 170 Å². The molecule has 4 amide bonds. The summed E-state index contributed by atoms with van der Waals surface area (Å²) in [6.45, 7) is 9.61. The van der Waals surface area contributed by atoms with Crippen molar-refractivity contribution in [2.24, 2.45) is 0 Å². The predicted octanol–water partition coefficient (Wildman–Crippen LogP) is 5.18. The van der Waals surface area contributed by atoms with E-state index in [9.17, 15) is 24.0 Å². The van der Waals surface area contributed by atoms with Crippen LogP contribution in [0.15, 0.2) is 60.7 Å². The van der Waals surface area contributed by atoms with Gasteiger partial charge < -0.3 is 40.2 Å². The summed E-state index contributed by atoms with van der Waals surface area (Å²) in [7, 11) is 0. The minimum atomic E-state index is -1.38. The molecule has 2 aliphatic heterocycles. The van der Waals surface area contributed by atoms with Gasteiger partial charge in [-0.25, -0.2) is 14.4 Å². The third-order valence-electron chi connectivity index (χ3n) is 6.87. The van der Waals surface area contributed by atoms with Gasteiger partial charge in [-0.15, -0.1) is 0 Å². The first-order valence-electron chi connectivity index (χ1n) is 14.9. The van der Waals surface area contributed by atoms with Crippen LogP contribution in [0.1, 0.15) is 68.6 Å². The predicted molar refractivity (Wildman–Crippen MR) is 170 cm³/mol. The fourth-order valence-electron chi connectivity index (χ4n) is 5.18. The molecule has 0 saturated heterocycles. The molecule has 3 aromatic rings. The van der Waals surface area contributed by atoms with Crippen molar-refractivity contribution in [3.8, 4) is 11.5 Å². The van der Waals surface area contributed by atoms with E-state index in [1.54, 1.807) is 102 Å². The molecule has 0 fully saturated rings. The molecule has 0 unspecified atom stereocenters. The summed E-state index contributed by atoms with van der Waals surface area (Å²) in [5.74, 6) is -0.964. The smallest absolute Gasteiger partial charge is 0.408 e. The van der Waals surface area contributed by atoms with E-state index in [0.29, 0.717) is 33.6 Å². The van der Waals surface area contributed by atoms with Crippen LogP contribution in [0.5, 0.6) is 11.5 Å². The number of ether oxygens (including phenoxy) is 4. The first-order chi connectivity index (χ1) is 22.0. The molecule has 0 bridgehead atoms. The van der Waals surface area contributed by atoms with Gasteiger partial charge in [0.25, 0.3) is 0 Å². The molecule has 4 N–H and O–H groups in total. The maximum Gasteiger partial charge on any atom is 0.408 e. The highest BCUT2D eigenvalue weighted by Gasteiger charge is 2.53. The van der Waals surface area contributed by atoms with Gasteiger partial charge in [-0.1, -0.05) is 18.2 Å². The number of hydrogen-bond donors (Lipinski definition) is 4. The number of amides is 4. The monoisotopic (exact) mass is 644 g/mol. The standard InChI is InChI=1S/C34H36N4O9/c1-32(2,3)46-30(42)35-17-27(39)37-19-11-13-23-25(15-19)44-26-16-20(38-28(40)18-36-31(43)47-33(4,5)6)12-14-24(26)34(23)22-10-8-7-9-21(22)29(41)45-34/h7-16H,17-18H2,1-6H3,(H,35,42)(H,36,43)(H,37,39)(H,38,40). The van der Waals surface area contributed by atoms with Crippen molar-refractivity contribution < 1.29 is 42.9 Å². The maximum atomic E-state index is 13.1. The molecular weight excluding hydrogens is 608 g/mol. The normalized spacial score (nSPS) is 14.0. The van der Waals surface area contributed by atoms with E-state index in [-0.39, 0.29) is 24.6 Å². The third-order valence-corrected chi connectivity index (χ3v) is 6.87. The number of esters is 1. The summed E-state index contributed by atoms with van der Waals surface area (Å²) in [6.07, 6.45) is -1.46. The zero-order chi connectivity index (χ0) is 34.1. The van der Waals surface area contributed by atoms with Crippen LogP contribution in [0.3, 0.4) is 0 Å². The van der Waals surface area contributed by atoms with Gasteiger partial charge in [0.05, 0.1) is 5.56 Å². The van der Waals surface area contributed by atoms with Gasteiger partial charge in [-0.3, -0.25) is 9.59 Å². The van der Waals surface area contributed by atoms with Crippen molar-refractivity contribution in [3.63, 3.8) is 0 Å². The van der Waals surface area contributed by atoms with Crippen LogP contribution in [-0.4, -0.2) is 54.3 Å². The molecule has 0 saturated carbocycles. The minimum Gasteiger partial charge on any atom is -0.456 e. The Morgan fingerprint density at radius 1 is 0.681 bits per heavy atom. The summed E-state index contributed by atoms with van der Waals surface area (Å²) in [5, 5.41) is 10.3. The Morgan fingerprint density at radius 2 is 1.15 bits per heavy atom. The van der Waals surface area contributed by atoms with Crippen LogP contribution in [0.4, 0.5) is 21.0 Å². The molecule has 0 radical (unpaired) electrons. The first-order valence-corrected chi connectivity index (χ1v) is 14.9. The average Bonchev–Trinajstić information content (AvgIpc) is 3.26. The number of fused-ring (bicyclic) bond motifs is 6. The summed E-state index contributed by atoms with van der Waals surface area (Å²) in [4.78, 5) is 62.4. The number of alkyl carbamates (subject to hydrolysis) is 2. The maximum absolute atomic E-state index is 13.1. The number of carbonyl (C=O) groups is 5. The number of hydrogen-bond acceptors (Lipinski definition) is 9. The fraction of sp³-hybridized carbons (Fsp3) is 0.324. The van der Waals surface area contributed by atoms with Gasteiger partial charge in [0.1, 0.15) is 35.8 Å². The Kier molecular flexibility index (Phi) is 8.59. The molecule has 2 heterocycles. The highest BCUT2D eigenvalue weighted by atomic mass is 16.6. The molecule has 1 spiro atoms. The molecular formula is C34H36N4O9. The van der Waals surface area contributed by atoms with Crippen molar-refractivity contribution in [1.82, 2.24) is 10.6 Å². The van der Waals surface area contributed by atoms with E-state index in [1.165, 1.54) is 0 Å². The van der Waals surface area contributed by atoms with Gasteiger partial charge in [-0.05, 0) is 71.9 Å². The Balaban J connectivity index is 1.41. The van der Waals surface area contributed by atoms with Crippen LogP contribution in [0, 0.1) is 0 Å². The van der Waals surface area contributed by atoms with E-state index < -0.39 is 46.8 Å². The second-order valence-electron chi connectivity index (χ2n) is 12.9. The van der Waals surface area contributed by atoms with Crippen molar-refractivity contribution in [2.45, 2.75) is 58.3 Å². The summed E-state index contributed by atoms with van der Waals surface area (Å²) in [5.41, 5.74) is -0.0665. The van der Waals surface area contributed by atoms with E-state index in [0.717, 1.165) is 0 Å². The quantitative estimate of drug-likeness (QED) is 0.209. The van der Waals surface area contributed by atoms with E-state index in [4.69, 9.17) is 18.9 Å². The molecule has 2 aliphatic rings. The van der Waals surface area contributed by atoms with Crippen LogP contribution >= 0.6 is 0 Å². The molecule has 0 aliphatic carbocycles. The number of nitrogens with one attached hydrogen (secondary N) is 4. The van der Waals surface area contributed by atoms with Crippen LogP contribution in [0.25, 0.3) is 0 Å². The van der Waals surface area contributed by atoms with Gasteiger partial charge in [0.2, 0.25) is 11.8 Å². The molecule has 5 rings (SSSR count). The number of rotatable bonds is 6. The van der Waals surface area contributed by atoms with E-state index >= 15 is 0 Å². The third kappa shape index (κ3) is 7.29. The molecule has 3 aromatic carbocycles. The van der Waals surface area contributed by atoms with Crippen LogP contribution in [-0.2, 0) is 29.4 Å². The largest absolute Gasteiger partial charge is 0.456 e. The Labute approximate surface area is 271 Å². The van der Waals surface area contributed by atoms with Gasteiger partial charge >= 0.3 is 18.2 Å². The fourth-order valence-corrected chi connectivity index (χ4v) is 5.18. The van der Waals surface area contributed by atoms with Crippen LogP contribution in [0.2, 0.25) is 0 Å². The lowest BCUT2D eigenvalue weighted by Gasteiger charge is -2.36. The molecule has 13 heteroatoms. The first kappa shape index (κ1) is 32.8. The zero-order valence-electron chi connectivity index (χ0n) is 26.9. The molecule has 0 aromatic heterocycles. The summed E-state index contributed by atoms with van der Waals surface area (Å²) < 4.78 is 22.8. The molecule has 246 valence electrons. The Hall–Kier alpha value is -5.59. The lowest BCUT2D eigenvalue weighted by molar-refractivity contribution is -0.116. The second kappa shape index (κ2) is 12.3. The minimum absolute atomic E-state index is 0.287. The highest BCUT2D eigenvalue weighted by molar-refractivity contribution is 5.98. The Morgan fingerprint density at radius 3 is 1.62 bits per heavy atom. The SMILES string of the molecule is CC(C)(C)OC(=O)NCC(=O)Nc1ccc2c(c1)Oc1cc(NC(=O)CNC(=O)OC(C)(C)C)ccc1C21OC(=O)c2ccccc21. The van der Waals surface area contributed by atoms with Crippen molar-refractivity contribution in [1.29, 1.82) is 0 Å². The lowest BCUT2D eigenvalue weighted by atomic mass is 9.77. The van der Waals surface area contributed by atoms with E-state index in [1.807, 2.05) is 0 Å². The van der Waals surface area contributed by atoms with Crippen molar-refractivity contribution in [3.05, 3.63) is 82.9 Å². The number of anilines is 2. The molecule has 47 heavy (non-hydrogen) atoms. The van der Waals surface area contributed by atoms with Crippen molar-refractivity contribution in [2.75, 3.05) is 23.7 Å². The zero-order valence-corrected chi connectivity index (χ0v) is 26.9.